The largest absolute Gasteiger partial charge is 0.337 e. The number of hydrogen-bond acceptors (Lipinski definition) is 1. The van der Waals surface area contributed by atoms with Gasteiger partial charge in [-0.1, -0.05) is 24.6 Å². The molecule has 0 radical (unpaired) electrons. The average molecular weight is 201 g/mol. The van der Waals surface area contributed by atoms with Gasteiger partial charge in [-0.05, 0) is 25.0 Å². The van der Waals surface area contributed by atoms with Gasteiger partial charge in [0.15, 0.2) is 0 Å². The highest BCUT2D eigenvalue weighted by Crippen LogP contribution is 2.48. The summed E-state index contributed by atoms with van der Waals surface area (Å²) in [5, 5.41) is 0. The first-order chi connectivity index (χ1) is 7.29. The van der Waals surface area contributed by atoms with Crippen molar-refractivity contribution in [3.63, 3.8) is 0 Å². The van der Waals surface area contributed by atoms with Crippen molar-refractivity contribution in [3.8, 4) is 0 Å². The number of rotatable bonds is 1. The summed E-state index contributed by atoms with van der Waals surface area (Å²) in [6.07, 6.45) is 4.00. The average Bonchev–Trinajstić information content (AvgIpc) is 2.14. The van der Waals surface area contributed by atoms with E-state index in [4.69, 9.17) is 0 Å². The van der Waals surface area contributed by atoms with Crippen molar-refractivity contribution < 1.29 is 4.79 Å². The van der Waals surface area contributed by atoms with Crippen LogP contribution in [0.3, 0.4) is 0 Å². The Morgan fingerprint density at radius 1 is 1.13 bits per heavy atom. The van der Waals surface area contributed by atoms with Crippen LogP contribution in [0.5, 0.6) is 0 Å². The highest BCUT2D eigenvalue weighted by molar-refractivity contribution is 5.94. The Labute approximate surface area is 89.9 Å². The molecule has 2 aliphatic rings. The first-order valence-corrected chi connectivity index (χ1v) is 5.64. The highest BCUT2D eigenvalue weighted by atomic mass is 16.2. The molecule has 78 valence electrons. The molecule has 2 heteroatoms. The van der Waals surface area contributed by atoms with Crippen LogP contribution in [0.25, 0.3) is 0 Å². The zero-order chi connectivity index (χ0) is 10.3. The summed E-state index contributed by atoms with van der Waals surface area (Å²) in [7, 11) is 0. The molecule has 1 aliphatic carbocycles. The summed E-state index contributed by atoms with van der Waals surface area (Å²) in [4.78, 5) is 14.0. The number of amides is 1. The molecule has 1 aromatic carbocycles. The number of hydrogen-bond donors (Lipinski definition) is 0. The van der Waals surface area contributed by atoms with Crippen LogP contribution in [-0.4, -0.2) is 23.9 Å². The minimum atomic E-state index is 0.202. The Morgan fingerprint density at radius 2 is 1.80 bits per heavy atom. The van der Waals surface area contributed by atoms with Gasteiger partial charge < -0.3 is 4.90 Å². The smallest absolute Gasteiger partial charge is 0.253 e. The van der Waals surface area contributed by atoms with E-state index in [2.05, 4.69) is 0 Å². The predicted octanol–water partition coefficient (Wildman–Crippen LogP) is 2.31. The Morgan fingerprint density at radius 3 is 2.33 bits per heavy atom. The molecule has 1 aliphatic heterocycles. The van der Waals surface area contributed by atoms with Crippen molar-refractivity contribution in [2.75, 3.05) is 13.1 Å². The molecule has 3 rings (SSSR count). The quantitative estimate of drug-likeness (QED) is 0.682. The van der Waals surface area contributed by atoms with Crippen molar-refractivity contribution in [2.24, 2.45) is 5.41 Å². The SMILES string of the molecule is O=C(c1ccccc1)N1CC2(CCC2)C1. The number of benzene rings is 1. The summed E-state index contributed by atoms with van der Waals surface area (Å²) >= 11 is 0. The Kier molecular flexibility index (Phi) is 1.84. The lowest BCUT2D eigenvalue weighted by Crippen LogP contribution is -2.61. The highest BCUT2D eigenvalue weighted by Gasteiger charge is 2.48. The molecule has 1 saturated carbocycles. The summed E-state index contributed by atoms with van der Waals surface area (Å²) in [6, 6.07) is 9.58. The molecule has 1 spiro atoms. The standard InChI is InChI=1S/C13H15NO/c15-12(11-5-2-1-3-6-11)14-9-13(10-14)7-4-8-13/h1-3,5-6H,4,7-10H2. The van der Waals surface area contributed by atoms with Crippen LogP contribution in [0, 0.1) is 5.41 Å². The second kappa shape index (κ2) is 3.09. The van der Waals surface area contributed by atoms with Gasteiger partial charge in [-0.2, -0.15) is 0 Å². The molecule has 1 saturated heterocycles. The maximum atomic E-state index is 12.0. The van der Waals surface area contributed by atoms with E-state index < -0.39 is 0 Å². The number of nitrogens with zero attached hydrogens (tertiary/aromatic N) is 1. The van der Waals surface area contributed by atoms with Gasteiger partial charge in [0.1, 0.15) is 0 Å². The van der Waals surface area contributed by atoms with Crippen molar-refractivity contribution in [1.82, 2.24) is 4.90 Å². The minimum absolute atomic E-state index is 0.202. The topological polar surface area (TPSA) is 20.3 Å². The Hall–Kier alpha value is -1.31. The maximum absolute atomic E-state index is 12.0. The zero-order valence-electron chi connectivity index (χ0n) is 8.78. The second-order valence-electron chi connectivity index (χ2n) is 4.88. The van der Waals surface area contributed by atoms with Crippen LogP contribution >= 0.6 is 0 Å². The van der Waals surface area contributed by atoms with Gasteiger partial charge in [0.2, 0.25) is 0 Å². The second-order valence-corrected chi connectivity index (χ2v) is 4.88. The Bertz CT molecular complexity index is 373. The molecule has 2 nitrogen and oxygen atoms in total. The van der Waals surface area contributed by atoms with Gasteiger partial charge in [-0.3, -0.25) is 4.79 Å². The molecular formula is C13H15NO. The normalized spacial score (nSPS) is 22.0. The molecular weight excluding hydrogens is 186 g/mol. The predicted molar refractivity (Wildman–Crippen MR) is 58.6 cm³/mol. The molecule has 15 heavy (non-hydrogen) atoms. The van der Waals surface area contributed by atoms with E-state index in [1.165, 1.54) is 19.3 Å². The fourth-order valence-corrected chi connectivity index (χ4v) is 2.66. The molecule has 1 amide bonds. The van der Waals surface area contributed by atoms with E-state index >= 15 is 0 Å². The number of carbonyl (C=O) groups excluding carboxylic acids is 1. The monoisotopic (exact) mass is 201 g/mol. The van der Waals surface area contributed by atoms with Gasteiger partial charge in [0.25, 0.3) is 5.91 Å². The molecule has 0 unspecified atom stereocenters. The molecule has 1 aromatic rings. The van der Waals surface area contributed by atoms with Crippen LogP contribution < -0.4 is 0 Å². The van der Waals surface area contributed by atoms with E-state index in [-0.39, 0.29) is 5.91 Å². The van der Waals surface area contributed by atoms with Crippen LogP contribution in [0.4, 0.5) is 0 Å². The summed E-state index contributed by atoms with van der Waals surface area (Å²) < 4.78 is 0. The van der Waals surface area contributed by atoms with Gasteiger partial charge >= 0.3 is 0 Å². The maximum Gasteiger partial charge on any atom is 0.253 e. The zero-order valence-corrected chi connectivity index (χ0v) is 8.78. The summed E-state index contributed by atoms with van der Waals surface area (Å²) in [6.45, 7) is 1.97. The van der Waals surface area contributed by atoms with Gasteiger partial charge in [0, 0.05) is 24.1 Å². The number of carbonyl (C=O) groups is 1. The van der Waals surface area contributed by atoms with Crippen molar-refractivity contribution >= 4 is 5.91 Å². The van der Waals surface area contributed by atoms with Crippen LogP contribution in [0.15, 0.2) is 30.3 Å². The first-order valence-electron chi connectivity index (χ1n) is 5.64. The lowest BCUT2D eigenvalue weighted by Gasteiger charge is -2.55. The lowest BCUT2D eigenvalue weighted by atomic mass is 9.63. The van der Waals surface area contributed by atoms with Crippen LogP contribution in [0.2, 0.25) is 0 Å². The van der Waals surface area contributed by atoms with E-state index in [1.54, 1.807) is 0 Å². The molecule has 1 heterocycles. The van der Waals surface area contributed by atoms with E-state index in [0.717, 1.165) is 18.7 Å². The lowest BCUT2D eigenvalue weighted by molar-refractivity contribution is -0.0426. The molecule has 0 bridgehead atoms. The van der Waals surface area contributed by atoms with Crippen molar-refractivity contribution in [3.05, 3.63) is 35.9 Å². The van der Waals surface area contributed by atoms with E-state index in [0.29, 0.717) is 5.41 Å². The minimum Gasteiger partial charge on any atom is -0.337 e. The molecule has 0 N–H and O–H groups in total. The number of likely N-dealkylation sites (tertiary alicyclic amines) is 1. The first kappa shape index (κ1) is 8.96. The fraction of sp³-hybridized carbons (Fsp3) is 0.462. The van der Waals surface area contributed by atoms with E-state index in [9.17, 15) is 4.79 Å². The van der Waals surface area contributed by atoms with Gasteiger partial charge in [-0.25, -0.2) is 0 Å². The van der Waals surface area contributed by atoms with Crippen LogP contribution in [0.1, 0.15) is 29.6 Å². The fourth-order valence-electron chi connectivity index (χ4n) is 2.66. The molecule has 2 fully saturated rings. The van der Waals surface area contributed by atoms with Crippen molar-refractivity contribution in [2.45, 2.75) is 19.3 Å². The summed E-state index contributed by atoms with van der Waals surface area (Å²) in [5.41, 5.74) is 1.36. The third kappa shape index (κ3) is 1.36. The third-order valence-electron chi connectivity index (χ3n) is 3.77. The van der Waals surface area contributed by atoms with Crippen LogP contribution in [-0.2, 0) is 0 Å². The van der Waals surface area contributed by atoms with Crippen molar-refractivity contribution in [1.29, 1.82) is 0 Å². The Balaban J connectivity index is 1.67. The molecule has 0 atom stereocenters. The van der Waals surface area contributed by atoms with Gasteiger partial charge in [0.05, 0.1) is 0 Å². The van der Waals surface area contributed by atoms with E-state index in [1.807, 2.05) is 35.2 Å². The molecule has 0 aromatic heterocycles. The summed E-state index contributed by atoms with van der Waals surface area (Å²) in [5.74, 6) is 0.202. The van der Waals surface area contributed by atoms with Gasteiger partial charge in [-0.15, -0.1) is 0 Å². The third-order valence-corrected chi connectivity index (χ3v) is 3.77.